The van der Waals surface area contributed by atoms with Gasteiger partial charge in [0.2, 0.25) is 6.79 Å². The zero-order chi connectivity index (χ0) is 22.5. The first-order valence-electron chi connectivity index (χ1n) is 11.5. The Balaban J connectivity index is 1.23. The molecule has 0 aliphatic carbocycles. The molecule has 0 amide bonds. The number of piperidine rings is 1. The van der Waals surface area contributed by atoms with Crippen LogP contribution in [0.3, 0.4) is 0 Å². The van der Waals surface area contributed by atoms with Gasteiger partial charge in [-0.25, -0.2) is 4.98 Å². The van der Waals surface area contributed by atoms with Gasteiger partial charge >= 0.3 is 0 Å². The molecule has 34 heavy (non-hydrogen) atoms. The van der Waals surface area contributed by atoms with Crippen molar-refractivity contribution in [1.29, 1.82) is 0 Å². The van der Waals surface area contributed by atoms with Crippen molar-refractivity contribution in [2.24, 2.45) is 0 Å². The van der Waals surface area contributed by atoms with E-state index in [9.17, 15) is 0 Å². The molecule has 0 bridgehead atoms. The number of fused-ring (bicyclic) bond motifs is 3. The standard InChI is InChI=1S/C25H23N7O2/c1-4-20-21(34-13-33-20)11-15(1)22-23-17(7-10-27-22)29-19(12-28-23)25-24-18(31-32-25)3-2-16(30-24)14-5-8-26-9-6-14/h1-4,7,10-12,14,26,28-29H,5-6,8-9,13H2,(H,31,32). The van der Waals surface area contributed by atoms with Crippen LogP contribution in [0.5, 0.6) is 11.5 Å². The summed E-state index contributed by atoms with van der Waals surface area (Å²) in [6, 6.07) is 12.0. The Morgan fingerprint density at radius 1 is 0.941 bits per heavy atom. The largest absolute Gasteiger partial charge is 0.454 e. The fourth-order valence-electron chi connectivity index (χ4n) is 4.87. The van der Waals surface area contributed by atoms with Crippen molar-refractivity contribution in [1.82, 2.24) is 25.5 Å². The minimum atomic E-state index is 0.246. The smallest absolute Gasteiger partial charge is 0.231 e. The number of rotatable bonds is 3. The minimum absolute atomic E-state index is 0.246. The van der Waals surface area contributed by atoms with Crippen LogP contribution in [0, 0.1) is 0 Å². The molecule has 9 heteroatoms. The fraction of sp³-hybridized carbons (Fsp3) is 0.240. The van der Waals surface area contributed by atoms with E-state index in [-0.39, 0.29) is 6.79 Å². The number of H-pyrrole nitrogens is 1. The number of nitrogens with one attached hydrogen (secondary N) is 4. The molecular formula is C25H23N7O2. The third-order valence-electron chi connectivity index (χ3n) is 6.67. The van der Waals surface area contributed by atoms with Crippen LogP contribution in [0.1, 0.15) is 30.1 Å². The second-order valence-electron chi connectivity index (χ2n) is 8.71. The first kappa shape index (κ1) is 19.4. The Hall–Kier alpha value is -4.11. The average Bonchev–Trinajstić information content (AvgIpc) is 3.54. The summed E-state index contributed by atoms with van der Waals surface area (Å²) in [5.74, 6) is 1.97. The minimum Gasteiger partial charge on any atom is -0.454 e. The molecule has 1 fully saturated rings. The Labute approximate surface area is 195 Å². The Bertz CT molecular complexity index is 1440. The summed E-state index contributed by atoms with van der Waals surface area (Å²) in [6.45, 7) is 2.32. The highest BCUT2D eigenvalue weighted by Crippen LogP contribution is 2.41. The summed E-state index contributed by atoms with van der Waals surface area (Å²) < 4.78 is 11.0. The zero-order valence-corrected chi connectivity index (χ0v) is 18.4. The van der Waals surface area contributed by atoms with Crippen LogP contribution < -0.4 is 25.4 Å². The molecule has 3 aliphatic rings. The lowest BCUT2D eigenvalue weighted by atomic mass is 9.94. The van der Waals surface area contributed by atoms with Gasteiger partial charge in [-0.2, -0.15) is 5.10 Å². The normalized spacial score (nSPS) is 17.1. The molecule has 0 unspecified atom stereocenters. The molecular weight excluding hydrogens is 430 g/mol. The Morgan fingerprint density at radius 3 is 2.79 bits per heavy atom. The first-order chi connectivity index (χ1) is 16.8. The topological polar surface area (TPSA) is 109 Å². The quantitative estimate of drug-likeness (QED) is 0.368. The van der Waals surface area contributed by atoms with Gasteiger partial charge in [-0.3, -0.25) is 10.1 Å². The maximum absolute atomic E-state index is 5.54. The number of anilines is 2. The van der Waals surface area contributed by atoms with Gasteiger partial charge in [0.05, 0.1) is 28.3 Å². The van der Waals surface area contributed by atoms with Crippen LogP contribution in [0.4, 0.5) is 11.4 Å². The molecule has 9 nitrogen and oxygen atoms in total. The molecule has 3 aliphatic heterocycles. The summed E-state index contributed by atoms with van der Waals surface area (Å²) in [5.41, 5.74) is 8.20. The second-order valence-corrected chi connectivity index (χ2v) is 8.71. The van der Waals surface area contributed by atoms with Gasteiger partial charge in [0.15, 0.2) is 11.5 Å². The predicted molar refractivity (Wildman–Crippen MR) is 130 cm³/mol. The van der Waals surface area contributed by atoms with Crippen molar-refractivity contribution in [2.75, 3.05) is 30.5 Å². The van der Waals surface area contributed by atoms with Crippen LogP contribution in [0.2, 0.25) is 0 Å². The van der Waals surface area contributed by atoms with Crippen molar-refractivity contribution >= 4 is 28.1 Å². The van der Waals surface area contributed by atoms with Crippen LogP contribution >= 0.6 is 0 Å². The van der Waals surface area contributed by atoms with Gasteiger partial charge in [-0.05, 0) is 62.3 Å². The van der Waals surface area contributed by atoms with E-state index in [4.69, 9.17) is 14.5 Å². The van der Waals surface area contributed by atoms with Crippen molar-refractivity contribution in [3.8, 4) is 22.8 Å². The predicted octanol–water partition coefficient (Wildman–Crippen LogP) is 4.05. The molecule has 0 saturated carbocycles. The van der Waals surface area contributed by atoms with Crippen molar-refractivity contribution in [2.45, 2.75) is 18.8 Å². The van der Waals surface area contributed by atoms with Gasteiger partial charge in [0.25, 0.3) is 0 Å². The fourth-order valence-corrected chi connectivity index (χ4v) is 4.87. The van der Waals surface area contributed by atoms with Gasteiger partial charge in [-0.15, -0.1) is 0 Å². The number of hydrogen-bond donors (Lipinski definition) is 4. The lowest BCUT2D eigenvalue weighted by molar-refractivity contribution is 0.174. The van der Waals surface area contributed by atoms with E-state index in [0.29, 0.717) is 5.92 Å². The van der Waals surface area contributed by atoms with E-state index in [1.54, 1.807) is 6.20 Å². The summed E-state index contributed by atoms with van der Waals surface area (Å²) in [5, 5.41) is 18.1. The highest BCUT2D eigenvalue weighted by Gasteiger charge is 2.23. The third kappa shape index (κ3) is 3.16. The average molecular weight is 454 g/mol. The molecule has 4 aromatic rings. The van der Waals surface area contributed by atoms with Crippen LogP contribution in [0.15, 0.2) is 48.8 Å². The number of benzene rings is 1. The van der Waals surface area contributed by atoms with E-state index >= 15 is 0 Å². The van der Waals surface area contributed by atoms with E-state index in [1.807, 2.05) is 30.5 Å². The number of nitrogens with zero attached hydrogens (tertiary/aromatic N) is 3. The molecule has 4 N–H and O–H groups in total. The first-order valence-corrected chi connectivity index (χ1v) is 11.5. The van der Waals surface area contributed by atoms with Gasteiger partial charge in [-0.1, -0.05) is 0 Å². The number of hydrogen-bond acceptors (Lipinski definition) is 8. The maximum Gasteiger partial charge on any atom is 0.231 e. The van der Waals surface area contributed by atoms with E-state index in [2.05, 4.69) is 43.3 Å². The molecule has 0 radical (unpaired) electrons. The van der Waals surface area contributed by atoms with Gasteiger partial charge < -0.3 is 25.4 Å². The summed E-state index contributed by atoms with van der Waals surface area (Å²) in [4.78, 5) is 9.64. The van der Waals surface area contributed by atoms with Crippen LogP contribution in [-0.2, 0) is 0 Å². The van der Waals surface area contributed by atoms with Crippen LogP contribution in [0.25, 0.3) is 28.0 Å². The highest BCUT2D eigenvalue weighted by atomic mass is 16.7. The number of ether oxygens (including phenoxy) is 2. The molecule has 1 aromatic carbocycles. The van der Waals surface area contributed by atoms with Crippen LogP contribution in [-0.4, -0.2) is 40.0 Å². The summed E-state index contributed by atoms with van der Waals surface area (Å²) >= 11 is 0. The third-order valence-corrected chi connectivity index (χ3v) is 6.67. The number of aromatic amines is 1. The molecule has 3 aromatic heterocycles. The molecule has 6 heterocycles. The molecule has 0 spiro atoms. The molecule has 170 valence electrons. The van der Waals surface area contributed by atoms with Gasteiger partial charge in [0.1, 0.15) is 11.2 Å². The molecule has 0 atom stereocenters. The monoisotopic (exact) mass is 453 g/mol. The maximum atomic E-state index is 5.54. The number of pyridine rings is 2. The Kier molecular flexibility index (Phi) is 4.41. The van der Waals surface area contributed by atoms with E-state index < -0.39 is 0 Å². The zero-order valence-electron chi connectivity index (χ0n) is 18.4. The summed E-state index contributed by atoms with van der Waals surface area (Å²) in [6.07, 6.45) is 5.94. The van der Waals surface area contributed by atoms with Crippen molar-refractivity contribution < 1.29 is 9.47 Å². The molecule has 7 rings (SSSR count). The lowest BCUT2D eigenvalue weighted by Gasteiger charge is -2.23. The highest BCUT2D eigenvalue weighted by molar-refractivity contribution is 5.98. The summed E-state index contributed by atoms with van der Waals surface area (Å²) in [7, 11) is 0. The van der Waals surface area contributed by atoms with Crippen molar-refractivity contribution in [3.63, 3.8) is 0 Å². The van der Waals surface area contributed by atoms with Crippen molar-refractivity contribution in [3.05, 3.63) is 60.2 Å². The van der Waals surface area contributed by atoms with Gasteiger partial charge in [0, 0.05) is 29.6 Å². The Morgan fingerprint density at radius 2 is 1.85 bits per heavy atom. The molecule has 1 saturated heterocycles. The number of aromatic nitrogens is 4. The lowest BCUT2D eigenvalue weighted by Crippen LogP contribution is -2.27. The van der Waals surface area contributed by atoms with E-state index in [0.717, 1.165) is 88.2 Å². The second kappa shape index (κ2) is 7.74. The van der Waals surface area contributed by atoms with E-state index in [1.165, 1.54) is 0 Å². The SMILES string of the molecule is C1=C(c2n[nH]c3ccc(C4CCNCC4)nc23)Nc2ccnc(-c3ccc4c(c3)OCO4)c2N1.